The maximum absolute atomic E-state index is 11.2. The van der Waals surface area contributed by atoms with E-state index in [0.29, 0.717) is 17.4 Å². The lowest BCUT2D eigenvalue weighted by Gasteiger charge is -2.40. The molecular weight excluding hydrogens is 244 g/mol. The van der Waals surface area contributed by atoms with Gasteiger partial charge in [-0.25, -0.2) is 0 Å². The van der Waals surface area contributed by atoms with E-state index in [2.05, 4.69) is 38.1 Å². The zero-order chi connectivity index (χ0) is 13.3. The third-order valence-electron chi connectivity index (χ3n) is 3.75. The molecule has 1 saturated heterocycles. The van der Waals surface area contributed by atoms with Crippen molar-refractivity contribution >= 4 is 10.8 Å². The molecule has 0 radical (unpaired) electrons. The molecule has 0 saturated carbocycles. The Balaban J connectivity index is 2.07. The Morgan fingerprint density at radius 2 is 1.78 bits per heavy atom. The van der Waals surface area contributed by atoms with Crippen LogP contribution in [0, 0.1) is 5.92 Å². The summed E-state index contributed by atoms with van der Waals surface area (Å²) in [7, 11) is -0.818. The molecule has 1 N–H and O–H groups in total. The van der Waals surface area contributed by atoms with E-state index in [1.165, 1.54) is 5.56 Å². The fourth-order valence-corrected chi connectivity index (χ4v) is 4.02. The summed E-state index contributed by atoms with van der Waals surface area (Å²) in [5.74, 6) is 1.55. The summed E-state index contributed by atoms with van der Waals surface area (Å²) < 4.78 is 11.2. The molecule has 1 aliphatic heterocycles. The Kier molecular flexibility index (Phi) is 3.93. The minimum atomic E-state index is -0.818. The van der Waals surface area contributed by atoms with Crippen molar-refractivity contribution in [1.82, 2.24) is 0 Å². The van der Waals surface area contributed by atoms with Crippen molar-refractivity contribution in [3.8, 4) is 0 Å². The molecule has 1 unspecified atom stereocenters. The highest BCUT2D eigenvalue weighted by Crippen LogP contribution is 2.35. The van der Waals surface area contributed by atoms with Crippen LogP contribution in [0.2, 0.25) is 0 Å². The van der Waals surface area contributed by atoms with Crippen molar-refractivity contribution in [1.29, 1.82) is 0 Å². The SMILES string of the molecule is CC(C)Cc1ccc(C(C)C2(O)CS(=O)C2)cc1. The lowest BCUT2D eigenvalue weighted by atomic mass is 9.85. The zero-order valence-electron chi connectivity index (χ0n) is 11.3. The van der Waals surface area contributed by atoms with Crippen LogP contribution < -0.4 is 0 Å². The van der Waals surface area contributed by atoms with Crippen molar-refractivity contribution in [2.24, 2.45) is 5.92 Å². The number of hydrogen-bond acceptors (Lipinski definition) is 2. The van der Waals surface area contributed by atoms with Crippen LogP contribution >= 0.6 is 0 Å². The minimum Gasteiger partial charge on any atom is -0.387 e. The summed E-state index contributed by atoms with van der Waals surface area (Å²) in [5, 5.41) is 10.3. The van der Waals surface area contributed by atoms with Crippen LogP contribution in [0.1, 0.15) is 37.8 Å². The normalized spacial score (nSPS) is 29.1. The predicted molar refractivity (Wildman–Crippen MR) is 76.2 cm³/mol. The van der Waals surface area contributed by atoms with Crippen LogP contribution in [0.4, 0.5) is 0 Å². The maximum atomic E-state index is 11.2. The van der Waals surface area contributed by atoms with E-state index in [9.17, 15) is 9.32 Å². The Bertz CT molecular complexity index is 428. The summed E-state index contributed by atoms with van der Waals surface area (Å²) in [6, 6.07) is 8.48. The van der Waals surface area contributed by atoms with E-state index >= 15 is 0 Å². The first-order valence-corrected chi connectivity index (χ1v) is 8.06. The van der Waals surface area contributed by atoms with Gasteiger partial charge in [0.15, 0.2) is 0 Å². The Morgan fingerprint density at radius 1 is 1.22 bits per heavy atom. The number of benzene rings is 1. The van der Waals surface area contributed by atoms with Crippen LogP contribution in [0.15, 0.2) is 24.3 Å². The summed E-state index contributed by atoms with van der Waals surface area (Å²) in [5.41, 5.74) is 1.72. The molecule has 1 fully saturated rings. The summed E-state index contributed by atoms with van der Waals surface area (Å²) >= 11 is 0. The Hall–Kier alpha value is -0.670. The van der Waals surface area contributed by atoms with Crippen LogP contribution in [-0.4, -0.2) is 26.4 Å². The molecule has 1 heterocycles. The van der Waals surface area contributed by atoms with Gasteiger partial charge in [-0.2, -0.15) is 0 Å². The third kappa shape index (κ3) is 2.83. The highest BCUT2D eigenvalue weighted by atomic mass is 32.2. The van der Waals surface area contributed by atoms with Crippen molar-refractivity contribution in [2.45, 2.75) is 38.7 Å². The van der Waals surface area contributed by atoms with Gasteiger partial charge >= 0.3 is 0 Å². The smallest absolute Gasteiger partial charge is 0.0942 e. The third-order valence-corrected chi connectivity index (χ3v) is 5.40. The largest absolute Gasteiger partial charge is 0.387 e. The molecular formula is C15H22O2S. The molecule has 1 aromatic carbocycles. The predicted octanol–water partition coefficient (Wildman–Crippen LogP) is 2.48. The van der Waals surface area contributed by atoms with Crippen molar-refractivity contribution in [3.05, 3.63) is 35.4 Å². The van der Waals surface area contributed by atoms with Gasteiger partial charge < -0.3 is 5.11 Å². The fraction of sp³-hybridized carbons (Fsp3) is 0.600. The molecule has 0 amide bonds. The summed E-state index contributed by atoms with van der Waals surface area (Å²) in [6.07, 6.45) is 1.09. The average molecular weight is 266 g/mol. The second-order valence-corrected chi connectivity index (χ2v) is 7.35. The molecule has 2 nitrogen and oxygen atoms in total. The first kappa shape index (κ1) is 13.8. The monoisotopic (exact) mass is 266 g/mol. The molecule has 1 atom stereocenters. The van der Waals surface area contributed by atoms with Crippen LogP contribution in [0.5, 0.6) is 0 Å². The highest BCUT2D eigenvalue weighted by Gasteiger charge is 2.45. The second kappa shape index (κ2) is 5.14. The van der Waals surface area contributed by atoms with E-state index in [0.717, 1.165) is 12.0 Å². The number of aliphatic hydroxyl groups is 1. The van der Waals surface area contributed by atoms with Gasteiger partial charge in [-0.3, -0.25) is 4.21 Å². The lowest BCUT2D eigenvalue weighted by molar-refractivity contribution is 0.0508. The van der Waals surface area contributed by atoms with E-state index in [1.54, 1.807) is 0 Å². The first-order chi connectivity index (χ1) is 8.40. The van der Waals surface area contributed by atoms with Gasteiger partial charge in [0.05, 0.1) is 17.1 Å². The van der Waals surface area contributed by atoms with E-state index in [4.69, 9.17) is 0 Å². The molecule has 100 valence electrons. The van der Waals surface area contributed by atoms with E-state index < -0.39 is 16.4 Å². The van der Waals surface area contributed by atoms with Gasteiger partial charge in [-0.05, 0) is 23.5 Å². The summed E-state index contributed by atoms with van der Waals surface area (Å²) in [4.78, 5) is 0. The van der Waals surface area contributed by atoms with E-state index in [1.807, 2.05) is 6.92 Å². The molecule has 0 bridgehead atoms. The average Bonchev–Trinajstić information content (AvgIpc) is 2.26. The molecule has 0 spiro atoms. The standard InChI is InChI=1S/C15H22O2S/c1-11(2)8-13-4-6-14(7-5-13)12(3)15(16)9-18(17)10-15/h4-7,11-12,16H,8-10H2,1-3H3. The topological polar surface area (TPSA) is 37.3 Å². The Morgan fingerprint density at radius 3 is 2.22 bits per heavy atom. The number of rotatable bonds is 4. The lowest BCUT2D eigenvalue weighted by Crippen LogP contribution is -2.55. The zero-order valence-corrected chi connectivity index (χ0v) is 12.2. The molecule has 0 aliphatic carbocycles. The van der Waals surface area contributed by atoms with Gasteiger partial charge in [0.1, 0.15) is 0 Å². The van der Waals surface area contributed by atoms with Crippen molar-refractivity contribution in [2.75, 3.05) is 11.5 Å². The highest BCUT2D eigenvalue weighted by molar-refractivity contribution is 7.86. The summed E-state index contributed by atoms with van der Waals surface area (Å²) in [6.45, 7) is 6.44. The fourth-order valence-electron chi connectivity index (χ4n) is 2.49. The second-order valence-electron chi connectivity index (χ2n) is 5.89. The molecule has 3 heteroatoms. The minimum absolute atomic E-state index is 0.0586. The molecule has 1 aromatic rings. The van der Waals surface area contributed by atoms with Gasteiger partial charge in [-0.1, -0.05) is 45.0 Å². The Labute approximate surface area is 112 Å². The molecule has 18 heavy (non-hydrogen) atoms. The molecule has 1 aliphatic rings. The van der Waals surface area contributed by atoms with Gasteiger partial charge in [0, 0.05) is 16.7 Å². The molecule has 2 rings (SSSR count). The first-order valence-electron chi connectivity index (χ1n) is 6.57. The van der Waals surface area contributed by atoms with Crippen molar-refractivity contribution in [3.63, 3.8) is 0 Å². The van der Waals surface area contributed by atoms with Gasteiger partial charge in [0.25, 0.3) is 0 Å². The quantitative estimate of drug-likeness (QED) is 0.909. The van der Waals surface area contributed by atoms with E-state index in [-0.39, 0.29) is 5.92 Å². The van der Waals surface area contributed by atoms with Crippen LogP contribution in [0.3, 0.4) is 0 Å². The number of hydrogen-bond donors (Lipinski definition) is 1. The van der Waals surface area contributed by atoms with Gasteiger partial charge in [-0.15, -0.1) is 0 Å². The molecule has 0 aromatic heterocycles. The van der Waals surface area contributed by atoms with Gasteiger partial charge in [0.2, 0.25) is 0 Å². The van der Waals surface area contributed by atoms with Crippen LogP contribution in [0.25, 0.3) is 0 Å². The van der Waals surface area contributed by atoms with Crippen molar-refractivity contribution < 1.29 is 9.32 Å². The van der Waals surface area contributed by atoms with Crippen LogP contribution in [-0.2, 0) is 17.2 Å². The maximum Gasteiger partial charge on any atom is 0.0942 e.